The zero-order valence-electron chi connectivity index (χ0n) is 9.84. The predicted molar refractivity (Wildman–Crippen MR) is 60.4 cm³/mol. The second-order valence-corrected chi connectivity index (χ2v) is 6.18. The molecule has 2 nitrogen and oxygen atoms in total. The van der Waals surface area contributed by atoms with Gasteiger partial charge >= 0.3 is 0 Å². The van der Waals surface area contributed by atoms with Crippen LogP contribution in [0.4, 0.5) is 0 Å². The fraction of sp³-hybridized carbons (Fsp3) is 1.00. The summed E-state index contributed by atoms with van der Waals surface area (Å²) in [7, 11) is 0. The molecule has 0 amide bonds. The van der Waals surface area contributed by atoms with Crippen LogP contribution >= 0.6 is 0 Å². The van der Waals surface area contributed by atoms with E-state index in [2.05, 4.69) is 31.0 Å². The molecule has 2 aliphatic rings. The summed E-state index contributed by atoms with van der Waals surface area (Å²) in [4.78, 5) is 2.65. The first kappa shape index (κ1) is 10.4. The summed E-state index contributed by atoms with van der Waals surface area (Å²) in [6.07, 6.45) is 2.73. The molecule has 2 heteroatoms. The van der Waals surface area contributed by atoms with Crippen molar-refractivity contribution < 1.29 is 0 Å². The maximum Gasteiger partial charge on any atom is 0.0235 e. The third-order valence-electron chi connectivity index (χ3n) is 3.62. The van der Waals surface area contributed by atoms with Crippen LogP contribution in [0, 0.1) is 11.3 Å². The van der Waals surface area contributed by atoms with Gasteiger partial charge < -0.3 is 10.2 Å². The molecule has 0 aliphatic carbocycles. The van der Waals surface area contributed by atoms with E-state index in [0.717, 1.165) is 12.0 Å². The van der Waals surface area contributed by atoms with E-state index < -0.39 is 0 Å². The molecule has 14 heavy (non-hydrogen) atoms. The Bertz CT molecular complexity index is 183. The van der Waals surface area contributed by atoms with Gasteiger partial charge in [-0.15, -0.1) is 0 Å². The van der Waals surface area contributed by atoms with Crippen LogP contribution in [0.5, 0.6) is 0 Å². The van der Waals surface area contributed by atoms with Gasteiger partial charge in [-0.2, -0.15) is 0 Å². The van der Waals surface area contributed by atoms with Crippen LogP contribution in [-0.4, -0.2) is 37.1 Å². The van der Waals surface area contributed by atoms with Gasteiger partial charge in [-0.25, -0.2) is 0 Å². The molecular formula is C12H24N2. The number of nitrogens with one attached hydrogen (secondary N) is 1. The van der Waals surface area contributed by atoms with Crippen molar-refractivity contribution in [2.75, 3.05) is 26.2 Å². The van der Waals surface area contributed by atoms with E-state index in [-0.39, 0.29) is 0 Å². The molecule has 0 unspecified atom stereocenters. The molecule has 2 fully saturated rings. The number of rotatable bonds is 2. The van der Waals surface area contributed by atoms with Gasteiger partial charge in [0, 0.05) is 19.1 Å². The second-order valence-electron chi connectivity index (χ2n) is 6.18. The largest absolute Gasteiger partial charge is 0.312 e. The molecule has 82 valence electrons. The number of hydrogen-bond acceptors (Lipinski definition) is 2. The molecule has 2 aliphatic heterocycles. The maximum absolute atomic E-state index is 3.60. The fourth-order valence-corrected chi connectivity index (χ4v) is 2.61. The van der Waals surface area contributed by atoms with Crippen molar-refractivity contribution in [2.45, 2.75) is 39.7 Å². The SMILES string of the molecule is CC(C)(C)CCN1C[C@@H]2CCN[C@@H]2C1. The number of fused-ring (bicyclic) bond motifs is 1. The van der Waals surface area contributed by atoms with Crippen LogP contribution in [-0.2, 0) is 0 Å². The van der Waals surface area contributed by atoms with Crippen molar-refractivity contribution in [2.24, 2.45) is 11.3 Å². The normalized spacial score (nSPS) is 33.6. The van der Waals surface area contributed by atoms with Crippen molar-refractivity contribution in [1.29, 1.82) is 0 Å². The van der Waals surface area contributed by atoms with Crippen LogP contribution in [0.15, 0.2) is 0 Å². The standard InChI is InChI=1S/C12H24N2/c1-12(2,3)5-7-14-8-10-4-6-13-11(10)9-14/h10-11,13H,4-9H2,1-3H3/t10-,11+/m0/s1. The highest BCUT2D eigenvalue weighted by Gasteiger charge is 2.35. The number of hydrogen-bond donors (Lipinski definition) is 1. The lowest BCUT2D eigenvalue weighted by molar-refractivity contribution is 0.253. The van der Waals surface area contributed by atoms with Gasteiger partial charge in [-0.1, -0.05) is 20.8 Å². The highest BCUT2D eigenvalue weighted by Crippen LogP contribution is 2.26. The van der Waals surface area contributed by atoms with E-state index in [1.165, 1.54) is 39.0 Å². The summed E-state index contributed by atoms with van der Waals surface area (Å²) in [5.74, 6) is 0.954. The number of likely N-dealkylation sites (tertiary alicyclic amines) is 1. The van der Waals surface area contributed by atoms with Gasteiger partial charge in [0.25, 0.3) is 0 Å². The van der Waals surface area contributed by atoms with E-state index in [9.17, 15) is 0 Å². The average molecular weight is 196 g/mol. The molecule has 0 radical (unpaired) electrons. The molecule has 0 aromatic heterocycles. The molecule has 1 N–H and O–H groups in total. The molecule has 2 saturated heterocycles. The highest BCUT2D eigenvalue weighted by atomic mass is 15.2. The van der Waals surface area contributed by atoms with Gasteiger partial charge in [0.05, 0.1) is 0 Å². The Labute approximate surface area is 88.1 Å². The van der Waals surface area contributed by atoms with E-state index in [1.54, 1.807) is 0 Å². The molecule has 0 aromatic rings. The minimum Gasteiger partial charge on any atom is -0.312 e. The van der Waals surface area contributed by atoms with E-state index in [0.29, 0.717) is 5.41 Å². The Morgan fingerprint density at radius 3 is 2.71 bits per heavy atom. The first-order valence-corrected chi connectivity index (χ1v) is 6.00. The quantitative estimate of drug-likeness (QED) is 0.723. The highest BCUT2D eigenvalue weighted by molar-refractivity contribution is 4.93. The lowest BCUT2D eigenvalue weighted by Gasteiger charge is -2.23. The average Bonchev–Trinajstić information content (AvgIpc) is 2.56. The van der Waals surface area contributed by atoms with Crippen molar-refractivity contribution >= 4 is 0 Å². The van der Waals surface area contributed by atoms with Crippen molar-refractivity contribution in [3.05, 3.63) is 0 Å². The summed E-state index contributed by atoms with van der Waals surface area (Å²) >= 11 is 0. The molecule has 2 heterocycles. The summed E-state index contributed by atoms with van der Waals surface area (Å²) < 4.78 is 0. The first-order valence-electron chi connectivity index (χ1n) is 6.00. The minimum absolute atomic E-state index is 0.491. The molecule has 2 atom stereocenters. The Hall–Kier alpha value is -0.0800. The van der Waals surface area contributed by atoms with E-state index >= 15 is 0 Å². The van der Waals surface area contributed by atoms with Gasteiger partial charge in [0.2, 0.25) is 0 Å². The Kier molecular flexibility index (Phi) is 2.85. The fourth-order valence-electron chi connectivity index (χ4n) is 2.61. The molecule has 0 saturated carbocycles. The molecule has 2 rings (SSSR count). The minimum atomic E-state index is 0.491. The Balaban J connectivity index is 1.74. The van der Waals surface area contributed by atoms with Crippen molar-refractivity contribution in [1.82, 2.24) is 10.2 Å². The van der Waals surface area contributed by atoms with Crippen LogP contribution in [0.25, 0.3) is 0 Å². The summed E-state index contributed by atoms with van der Waals surface area (Å²) in [6.45, 7) is 12.2. The molecule has 0 spiro atoms. The van der Waals surface area contributed by atoms with Crippen LogP contribution in [0.2, 0.25) is 0 Å². The van der Waals surface area contributed by atoms with Gasteiger partial charge in [0.1, 0.15) is 0 Å². The lowest BCUT2D eigenvalue weighted by Crippen LogP contribution is -2.31. The van der Waals surface area contributed by atoms with Crippen LogP contribution < -0.4 is 5.32 Å². The van der Waals surface area contributed by atoms with Crippen molar-refractivity contribution in [3.8, 4) is 0 Å². The van der Waals surface area contributed by atoms with Gasteiger partial charge in [-0.3, -0.25) is 0 Å². The van der Waals surface area contributed by atoms with E-state index in [4.69, 9.17) is 0 Å². The van der Waals surface area contributed by atoms with Crippen LogP contribution in [0.3, 0.4) is 0 Å². The zero-order chi connectivity index (χ0) is 10.2. The Morgan fingerprint density at radius 2 is 2.07 bits per heavy atom. The third kappa shape index (κ3) is 2.48. The van der Waals surface area contributed by atoms with Gasteiger partial charge in [0.15, 0.2) is 0 Å². The zero-order valence-corrected chi connectivity index (χ0v) is 9.84. The summed E-state index contributed by atoms with van der Waals surface area (Å²) in [5.41, 5.74) is 0.491. The summed E-state index contributed by atoms with van der Waals surface area (Å²) in [6, 6.07) is 0.815. The number of nitrogens with zero attached hydrogens (tertiary/aromatic N) is 1. The second kappa shape index (κ2) is 3.82. The third-order valence-corrected chi connectivity index (χ3v) is 3.62. The van der Waals surface area contributed by atoms with E-state index in [1.807, 2.05) is 0 Å². The first-order chi connectivity index (χ1) is 6.54. The molecular weight excluding hydrogens is 172 g/mol. The maximum atomic E-state index is 3.60. The Morgan fingerprint density at radius 1 is 1.29 bits per heavy atom. The topological polar surface area (TPSA) is 15.3 Å². The van der Waals surface area contributed by atoms with Crippen LogP contribution in [0.1, 0.15) is 33.6 Å². The van der Waals surface area contributed by atoms with Gasteiger partial charge in [-0.05, 0) is 37.3 Å². The monoisotopic (exact) mass is 196 g/mol. The van der Waals surface area contributed by atoms with Crippen molar-refractivity contribution in [3.63, 3.8) is 0 Å². The smallest absolute Gasteiger partial charge is 0.0235 e. The predicted octanol–water partition coefficient (Wildman–Crippen LogP) is 1.72. The molecule has 0 bridgehead atoms. The molecule has 0 aromatic carbocycles. The lowest BCUT2D eigenvalue weighted by atomic mass is 9.92. The summed E-state index contributed by atoms with van der Waals surface area (Å²) in [5, 5.41) is 3.60.